The Labute approximate surface area is 120 Å². The molecule has 0 heterocycles. The van der Waals surface area contributed by atoms with Crippen LogP contribution in [-0.4, -0.2) is 20.3 Å². The maximum atomic E-state index is 6.09. The quantitative estimate of drug-likeness (QED) is 0.552. The molecule has 0 amide bonds. The van der Waals surface area contributed by atoms with Gasteiger partial charge >= 0.3 is 0 Å². The van der Waals surface area contributed by atoms with Gasteiger partial charge in [0.05, 0.1) is 13.7 Å². The van der Waals surface area contributed by atoms with Crippen molar-refractivity contribution in [2.45, 2.75) is 26.3 Å². The van der Waals surface area contributed by atoms with E-state index in [2.05, 4.69) is 18.8 Å². The van der Waals surface area contributed by atoms with Crippen molar-refractivity contribution in [2.24, 2.45) is 0 Å². The Morgan fingerprint density at radius 2 is 2.21 bits per heavy atom. The second-order valence-electron chi connectivity index (χ2n) is 4.16. The van der Waals surface area contributed by atoms with Crippen molar-refractivity contribution in [2.75, 3.05) is 20.3 Å². The zero-order valence-electron chi connectivity index (χ0n) is 11.7. The summed E-state index contributed by atoms with van der Waals surface area (Å²) in [7, 11) is 1.62. The van der Waals surface area contributed by atoms with Gasteiger partial charge in [0.1, 0.15) is 0 Å². The number of unbranched alkanes of at least 4 members (excludes halogenated alkanes) is 1. The van der Waals surface area contributed by atoms with Crippen molar-refractivity contribution in [3.8, 4) is 11.5 Å². The molecule has 0 saturated heterocycles. The molecular formula is C15H22ClNO2. The minimum absolute atomic E-state index is 0.642. The Morgan fingerprint density at radius 3 is 2.84 bits per heavy atom. The third kappa shape index (κ3) is 5.13. The van der Waals surface area contributed by atoms with E-state index in [9.17, 15) is 0 Å². The Balaban J connectivity index is 2.85. The van der Waals surface area contributed by atoms with Gasteiger partial charge in [-0.1, -0.05) is 24.6 Å². The molecule has 1 rings (SSSR count). The molecule has 4 heteroatoms. The monoisotopic (exact) mass is 283 g/mol. The summed E-state index contributed by atoms with van der Waals surface area (Å²) in [5.41, 5.74) is 1.02. The number of nitrogens with one attached hydrogen (secondary N) is 1. The summed E-state index contributed by atoms with van der Waals surface area (Å²) in [4.78, 5) is 0. The predicted molar refractivity (Wildman–Crippen MR) is 80.3 cm³/mol. The summed E-state index contributed by atoms with van der Waals surface area (Å²) in [6.07, 6.45) is 3.77. The van der Waals surface area contributed by atoms with E-state index in [0.29, 0.717) is 23.9 Å². The summed E-state index contributed by atoms with van der Waals surface area (Å²) in [5.74, 6) is 1.45. The molecule has 1 aromatic carbocycles. The Morgan fingerprint density at radius 1 is 1.42 bits per heavy atom. The Bertz CT molecular complexity index is 407. The van der Waals surface area contributed by atoms with E-state index in [1.165, 1.54) is 0 Å². The maximum Gasteiger partial charge on any atom is 0.165 e. The lowest BCUT2D eigenvalue weighted by atomic mass is 10.1. The molecule has 1 N–H and O–H groups in total. The molecule has 0 atom stereocenters. The smallest absolute Gasteiger partial charge is 0.165 e. The van der Waals surface area contributed by atoms with Crippen molar-refractivity contribution >= 4 is 11.6 Å². The fourth-order valence-corrected chi connectivity index (χ4v) is 1.96. The van der Waals surface area contributed by atoms with Crippen LogP contribution >= 0.6 is 11.6 Å². The third-order valence-electron chi connectivity index (χ3n) is 2.68. The lowest BCUT2D eigenvalue weighted by Gasteiger charge is -2.16. The molecule has 0 unspecified atom stereocenters. The van der Waals surface area contributed by atoms with E-state index in [-0.39, 0.29) is 0 Å². The summed E-state index contributed by atoms with van der Waals surface area (Å²) in [5, 5.41) is 3.93. The lowest BCUT2D eigenvalue weighted by molar-refractivity contribution is 0.286. The predicted octanol–water partition coefficient (Wildman–Crippen LogP) is 3.80. The second kappa shape index (κ2) is 8.83. The van der Waals surface area contributed by atoms with Crippen LogP contribution in [0.3, 0.4) is 0 Å². The summed E-state index contributed by atoms with van der Waals surface area (Å²) < 4.78 is 11.2. The van der Waals surface area contributed by atoms with Crippen LogP contribution in [0.4, 0.5) is 0 Å². The van der Waals surface area contributed by atoms with Crippen LogP contribution in [0, 0.1) is 0 Å². The summed E-state index contributed by atoms with van der Waals surface area (Å²) in [6, 6.07) is 3.69. The highest BCUT2D eigenvalue weighted by Crippen LogP contribution is 2.34. The molecule has 3 nitrogen and oxygen atoms in total. The molecule has 0 fully saturated rings. The molecule has 0 spiro atoms. The van der Waals surface area contributed by atoms with Gasteiger partial charge < -0.3 is 14.8 Å². The number of ether oxygens (including phenoxy) is 2. The largest absolute Gasteiger partial charge is 0.493 e. The van der Waals surface area contributed by atoms with E-state index in [1.54, 1.807) is 13.2 Å². The number of hydrogen-bond acceptors (Lipinski definition) is 3. The minimum Gasteiger partial charge on any atom is -0.493 e. The topological polar surface area (TPSA) is 30.5 Å². The number of rotatable bonds is 9. The Kier molecular flexibility index (Phi) is 7.38. The zero-order valence-corrected chi connectivity index (χ0v) is 12.4. The highest BCUT2D eigenvalue weighted by molar-refractivity contribution is 6.30. The number of halogens is 1. The van der Waals surface area contributed by atoms with Crippen LogP contribution in [0.15, 0.2) is 24.8 Å². The summed E-state index contributed by atoms with van der Waals surface area (Å²) in [6.45, 7) is 8.01. The van der Waals surface area contributed by atoms with Gasteiger partial charge in [0, 0.05) is 23.2 Å². The van der Waals surface area contributed by atoms with Crippen molar-refractivity contribution in [3.63, 3.8) is 0 Å². The fourth-order valence-electron chi connectivity index (χ4n) is 1.73. The SMILES string of the molecule is C=CCCCOc1c(CNCC)cc(Cl)cc1OC. The molecular weight excluding hydrogens is 262 g/mol. The number of methoxy groups -OCH3 is 1. The van der Waals surface area contributed by atoms with Crippen molar-refractivity contribution in [3.05, 3.63) is 35.4 Å². The van der Waals surface area contributed by atoms with Gasteiger partial charge in [0.2, 0.25) is 0 Å². The normalized spacial score (nSPS) is 10.3. The number of hydrogen-bond donors (Lipinski definition) is 1. The molecule has 1 aromatic rings. The molecule has 0 aliphatic carbocycles. The van der Waals surface area contributed by atoms with Gasteiger partial charge in [-0.15, -0.1) is 6.58 Å². The van der Waals surface area contributed by atoms with Crippen molar-refractivity contribution in [1.82, 2.24) is 5.32 Å². The molecule has 0 bridgehead atoms. The molecule has 0 saturated carbocycles. The molecule has 0 radical (unpaired) electrons. The van der Waals surface area contributed by atoms with Crippen LogP contribution in [0.1, 0.15) is 25.3 Å². The van der Waals surface area contributed by atoms with E-state index in [4.69, 9.17) is 21.1 Å². The van der Waals surface area contributed by atoms with E-state index in [1.807, 2.05) is 12.1 Å². The molecule has 19 heavy (non-hydrogen) atoms. The van der Waals surface area contributed by atoms with Gasteiger partial charge in [-0.3, -0.25) is 0 Å². The van der Waals surface area contributed by atoms with Crippen molar-refractivity contribution in [1.29, 1.82) is 0 Å². The minimum atomic E-state index is 0.642. The van der Waals surface area contributed by atoms with Crippen LogP contribution in [0.2, 0.25) is 5.02 Å². The Hall–Kier alpha value is -1.19. The van der Waals surface area contributed by atoms with E-state index < -0.39 is 0 Å². The van der Waals surface area contributed by atoms with Crippen LogP contribution in [0.5, 0.6) is 11.5 Å². The molecule has 0 aromatic heterocycles. The van der Waals surface area contributed by atoms with Crippen LogP contribution < -0.4 is 14.8 Å². The molecule has 0 aliphatic heterocycles. The van der Waals surface area contributed by atoms with Gasteiger partial charge in [-0.05, 0) is 25.5 Å². The van der Waals surface area contributed by atoms with Gasteiger partial charge in [0.15, 0.2) is 11.5 Å². The first-order valence-corrected chi connectivity index (χ1v) is 6.91. The first-order chi connectivity index (χ1) is 9.22. The second-order valence-corrected chi connectivity index (χ2v) is 4.59. The molecule has 106 valence electrons. The number of benzene rings is 1. The van der Waals surface area contributed by atoms with Crippen LogP contribution in [0.25, 0.3) is 0 Å². The van der Waals surface area contributed by atoms with E-state index in [0.717, 1.165) is 30.7 Å². The maximum absolute atomic E-state index is 6.09. The highest BCUT2D eigenvalue weighted by Gasteiger charge is 2.12. The average molecular weight is 284 g/mol. The third-order valence-corrected chi connectivity index (χ3v) is 2.90. The first-order valence-electron chi connectivity index (χ1n) is 6.53. The number of allylic oxidation sites excluding steroid dienone is 1. The first kappa shape index (κ1) is 15.9. The summed E-state index contributed by atoms with van der Waals surface area (Å²) >= 11 is 6.09. The highest BCUT2D eigenvalue weighted by atomic mass is 35.5. The van der Waals surface area contributed by atoms with Gasteiger partial charge in [-0.25, -0.2) is 0 Å². The van der Waals surface area contributed by atoms with Gasteiger partial charge in [-0.2, -0.15) is 0 Å². The van der Waals surface area contributed by atoms with Gasteiger partial charge in [0.25, 0.3) is 0 Å². The lowest BCUT2D eigenvalue weighted by Crippen LogP contribution is -2.13. The van der Waals surface area contributed by atoms with Crippen molar-refractivity contribution < 1.29 is 9.47 Å². The fraction of sp³-hybridized carbons (Fsp3) is 0.467. The van der Waals surface area contributed by atoms with E-state index >= 15 is 0 Å². The average Bonchev–Trinajstić information content (AvgIpc) is 2.42. The zero-order chi connectivity index (χ0) is 14.1. The molecule has 0 aliphatic rings. The van der Waals surface area contributed by atoms with Crippen LogP contribution in [-0.2, 0) is 6.54 Å². The standard InChI is InChI=1S/C15H22ClNO2/c1-4-6-7-8-19-15-12(11-17-5-2)9-13(16)10-14(15)18-3/h4,9-10,17H,1,5-8,11H2,2-3H3.